The summed E-state index contributed by atoms with van der Waals surface area (Å²) in [6.07, 6.45) is 2.29. The number of hydrogen-bond donors (Lipinski definition) is 3. The number of halogens is 1. The molecule has 2 unspecified atom stereocenters. The highest BCUT2D eigenvalue weighted by atomic mass is 19.1. The average molecular weight is 266 g/mol. The third-order valence-electron chi connectivity index (χ3n) is 3.62. The normalized spacial score (nSPS) is 23.1. The number of hydrogen-bond acceptors (Lipinski definition) is 3. The maximum Gasteiger partial charge on any atom is 0.255 e. The molecule has 1 aromatic rings. The highest BCUT2D eigenvalue weighted by Crippen LogP contribution is 2.18. The molecule has 2 rings (SSSR count). The summed E-state index contributed by atoms with van der Waals surface area (Å²) in [5.74, 6) is -0.692. The number of rotatable bonds is 3. The van der Waals surface area contributed by atoms with E-state index < -0.39 is 11.7 Å². The number of amides is 1. The molecular weight excluding hydrogens is 247 g/mol. The zero-order chi connectivity index (χ0) is 13.8. The molecule has 0 aliphatic carbocycles. The van der Waals surface area contributed by atoms with Crippen molar-refractivity contribution in [3.63, 3.8) is 0 Å². The zero-order valence-electron chi connectivity index (χ0n) is 10.9. The molecule has 2 atom stereocenters. The molecule has 19 heavy (non-hydrogen) atoms. The second kappa shape index (κ2) is 6.02. The lowest BCUT2D eigenvalue weighted by Gasteiger charge is -2.30. The largest absolute Gasteiger partial charge is 0.507 e. The molecule has 0 spiro atoms. The summed E-state index contributed by atoms with van der Waals surface area (Å²) in [4.78, 5) is 11.9. The van der Waals surface area contributed by atoms with E-state index in [1.807, 2.05) is 0 Å². The van der Waals surface area contributed by atoms with Gasteiger partial charge in [0.25, 0.3) is 5.91 Å². The Hall–Kier alpha value is -1.62. The number of nitrogens with one attached hydrogen (secondary N) is 2. The SMILES string of the molecule is CC1CCCNC1CNC(=O)c1cc(F)ccc1O. The van der Waals surface area contributed by atoms with E-state index in [9.17, 15) is 14.3 Å². The van der Waals surface area contributed by atoms with Gasteiger partial charge in [0.2, 0.25) is 0 Å². The minimum atomic E-state index is -0.535. The Morgan fingerprint density at radius 1 is 1.58 bits per heavy atom. The Morgan fingerprint density at radius 2 is 2.37 bits per heavy atom. The molecule has 1 aromatic carbocycles. The van der Waals surface area contributed by atoms with Crippen molar-refractivity contribution in [1.82, 2.24) is 10.6 Å². The smallest absolute Gasteiger partial charge is 0.255 e. The predicted molar refractivity (Wildman–Crippen MR) is 70.6 cm³/mol. The average Bonchev–Trinajstić information content (AvgIpc) is 2.40. The fraction of sp³-hybridized carbons (Fsp3) is 0.500. The van der Waals surface area contributed by atoms with Gasteiger partial charge in [-0.05, 0) is 43.5 Å². The van der Waals surface area contributed by atoms with Crippen molar-refractivity contribution in [2.24, 2.45) is 5.92 Å². The Morgan fingerprint density at radius 3 is 3.11 bits per heavy atom. The molecule has 0 radical (unpaired) electrons. The van der Waals surface area contributed by atoms with Crippen molar-refractivity contribution in [1.29, 1.82) is 0 Å². The van der Waals surface area contributed by atoms with Crippen molar-refractivity contribution >= 4 is 5.91 Å². The molecule has 4 nitrogen and oxygen atoms in total. The van der Waals surface area contributed by atoms with Crippen LogP contribution in [0.3, 0.4) is 0 Å². The topological polar surface area (TPSA) is 61.4 Å². The molecule has 1 aliphatic rings. The molecule has 1 aliphatic heterocycles. The molecule has 104 valence electrons. The van der Waals surface area contributed by atoms with Crippen molar-refractivity contribution in [3.05, 3.63) is 29.6 Å². The Labute approximate surface area is 112 Å². The summed E-state index contributed by atoms with van der Waals surface area (Å²) in [5.41, 5.74) is -0.0246. The first-order valence-electron chi connectivity index (χ1n) is 6.58. The monoisotopic (exact) mass is 266 g/mol. The van der Waals surface area contributed by atoms with Gasteiger partial charge < -0.3 is 15.7 Å². The first kappa shape index (κ1) is 13.8. The van der Waals surface area contributed by atoms with E-state index in [4.69, 9.17) is 0 Å². The predicted octanol–water partition coefficient (Wildman–Crippen LogP) is 1.65. The first-order valence-corrected chi connectivity index (χ1v) is 6.58. The van der Waals surface area contributed by atoms with E-state index in [0.717, 1.165) is 31.5 Å². The quantitative estimate of drug-likeness (QED) is 0.779. The Kier molecular flexibility index (Phi) is 4.37. The van der Waals surface area contributed by atoms with E-state index in [1.165, 1.54) is 6.07 Å². The summed E-state index contributed by atoms with van der Waals surface area (Å²) in [5, 5.41) is 15.6. The van der Waals surface area contributed by atoms with Gasteiger partial charge in [0.05, 0.1) is 5.56 Å². The summed E-state index contributed by atoms with van der Waals surface area (Å²) in [6.45, 7) is 3.58. The van der Waals surface area contributed by atoms with E-state index in [0.29, 0.717) is 12.5 Å². The number of aromatic hydroxyl groups is 1. The molecule has 5 heteroatoms. The molecule has 1 heterocycles. The van der Waals surface area contributed by atoms with Crippen molar-refractivity contribution in [2.45, 2.75) is 25.8 Å². The van der Waals surface area contributed by atoms with E-state index in [2.05, 4.69) is 17.6 Å². The lowest BCUT2D eigenvalue weighted by atomic mass is 9.93. The molecule has 1 amide bonds. The summed E-state index contributed by atoms with van der Waals surface area (Å²) < 4.78 is 13.1. The van der Waals surface area contributed by atoms with Gasteiger partial charge in [-0.3, -0.25) is 4.79 Å². The van der Waals surface area contributed by atoms with Crippen LogP contribution < -0.4 is 10.6 Å². The molecular formula is C14H19FN2O2. The summed E-state index contributed by atoms with van der Waals surface area (Å²) in [6, 6.07) is 3.58. The Bertz CT molecular complexity index is 465. The van der Waals surface area contributed by atoms with Crippen LogP contribution in [0.2, 0.25) is 0 Å². The van der Waals surface area contributed by atoms with Crippen LogP contribution in [0, 0.1) is 11.7 Å². The van der Waals surface area contributed by atoms with Crippen molar-refractivity contribution in [3.8, 4) is 5.75 Å². The number of phenols is 1. The minimum Gasteiger partial charge on any atom is -0.507 e. The lowest BCUT2D eigenvalue weighted by Crippen LogP contribution is -2.47. The maximum absolute atomic E-state index is 13.1. The fourth-order valence-corrected chi connectivity index (χ4v) is 2.38. The third-order valence-corrected chi connectivity index (χ3v) is 3.62. The van der Waals surface area contributed by atoms with E-state index in [-0.39, 0.29) is 17.4 Å². The van der Waals surface area contributed by atoms with Crippen molar-refractivity contribution < 1.29 is 14.3 Å². The van der Waals surface area contributed by atoms with Crippen LogP contribution in [0.15, 0.2) is 18.2 Å². The summed E-state index contributed by atoms with van der Waals surface area (Å²) in [7, 11) is 0. The van der Waals surface area contributed by atoms with Crippen LogP contribution in [0.1, 0.15) is 30.1 Å². The molecule has 0 aromatic heterocycles. The van der Waals surface area contributed by atoms with E-state index in [1.54, 1.807) is 0 Å². The van der Waals surface area contributed by atoms with E-state index >= 15 is 0 Å². The third kappa shape index (κ3) is 3.44. The molecule has 3 N–H and O–H groups in total. The van der Waals surface area contributed by atoms with Gasteiger partial charge in [-0.1, -0.05) is 6.92 Å². The number of phenolic OH excluding ortho intramolecular Hbond substituents is 1. The van der Waals surface area contributed by atoms with Gasteiger partial charge in [-0.25, -0.2) is 4.39 Å². The number of benzene rings is 1. The zero-order valence-corrected chi connectivity index (χ0v) is 10.9. The highest BCUT2D eigenvalue weighted by Gasteiger charge is 2.21. The van der Waals surface area contributed by atoms with Gasteiger partial charge in [0, 0.05) is 12.6 Å². The molecule has 0 saturated carbocycles. The lowest BCUT2D eigenvalue weighted by molar-refractivity contribution is 0.0940. The minimum absolute atomic E-state index is 0.0246. The molecule has 1 fully saturated rings. The number of carbonyl (C=O) groups excluding carboxylic acids is 1. The van der Waals surface area contributed by atoms with Crippen LogP contribution in [0.25, 0.3) is 0 Å². The standard InChI is InChI=1S/C14H19FN2O2/c1-9-3-2-6-16-12(9)8-17-14(19)11-7-10(15)4-5-13(11)18/h4-5,7,9,12,16,18H,2-3,6,8H2,1H3,(H,17,19). The second-order valence-electron chi connectivity index (χ2n) is 5.05. The van der Waals surface area contributed by atoms with Gasteiger partial charge in [0.1, 0.15) is 11.6 Å². The first-order chi connectivity index (χ1) is 9.08. The van der Waals surface area contributed by atoms with Crippen LogP contribution in [0.4, 0.5) is 4.39 Å². The van der Waals surface area contributed by atoms with Crippen LogP contribution in [-0.4, -0.2) is 30.1 Å². The summed E-state index contributed by atoms with van der Waals surface area (Å²) >= 11 is 0. The van der Waals surface area contributed by atoms with Gasteiger partial charge >= 0.3 is 0 Å². The van der Waals surface area contributed by atoms with Gasteiger partial charge in [-0.15, -0.1) is 0 Å². The molecule has 1 saturated heterocycles. The number of piperidine rings is 1. The van der Waals surface area contributed by atoms with Crippen LogP contribution in [0.5, 0.6) is 5.75 Å². The van der Waals surface area contributed by atoms with Crippen LogP contribution >= 0.6 is 0 Å². The Balaban J connectivity index is 1.95. The second-order valence-corrected chi connectivity index (χ2v) is 5.05. The van der Waals surface area contributed by atoms with Gasteiger partial charge in [0.15, 0.2) is 0 Å². The molecule has 0 bridgehead atoms. The van der Waals surface area contributed by atoms with Gasteiger partial charge in [-0.2, -0.15) is 0 Å². The van der Waals surface area contributed by atoms with Crippen molar-refractivity contribution in [2.75, 3.05) is 13.1 Å². The maximum atomic E-state index is 13.1. The highest BCUT2D eigenvalue weighted by molar-refractivity contribution is 5.96. The van der Waals surface area contributed by atoms with Crippen LogP contribution in [-0.2, 0) is 0 Å². The fourth-order valence-electron chi connectivity index (χ4n) is 2.38. The number of carbonyl (C=O) groups is 1.